The van der Waals surface area contributed by atoms with E-state index in [1.807, 2.05) is 60.7 Å². The first-order valence-corrected chi connectivity index (χ1v) is 10.1. The number of carbonyl (C=O) groups excluding carboxylic acids is 1. The average molecular weight is 378 g/mol. The van der Waals surface area contributed by atoms with E-state index in [9.17, 15) is 9.90 Å². The lowest BCUT2D eigenvalue weighted by molar-refractivity contribution is 0.0941. The van der Waals surface area contributed by atoms with E-state index in [0.717, 1.165) is 29.0 Å². The molecule has 1 atom stereocenters. The number of nitrogens with one attached hydrogen (secondary N) is 1. The Hall–Kier alpha value is -2.50. The summed E-state index contributed by atoms with van der Waals surface area (Å²) in [6.07, 6.45) is 2.30. The lowest BCUT2D eigenvalue weighted by Gasteiger charge is -2.13. The van der Waals surface area contributed by atoms with Crippen LogP contribution in [0.3, 0.4) is 0 Å². The summed E-state index contributed by atoms with van der Waals surface area (Å²) in [6, 6.07) is 19.7. The van der Waals surface area contributed by atoms with Crippen molar-refractivity contribution in [1.29, 1.82) is 0 Å². The van der Waals surface area contributed by atoms with Crippen molar-refractivity contribution in [2.24, 2.45) is 11.8 Å². The number of benzene rings is 2. The molecule has 2 N–H and O–H groups in total. The molecule has 0 bridgehead atoms. The van der Waals surface area contributed by atoms with Crippen molar-refractivity contribution in [2.75, 3.05) is 13.2 Å². The highest BCUT2D eigenvalue weighted by molar-refractivity contribution is 7.17. The molecule has 4 rings (SSSR count). The first-order chi connectivity index (χ1) is 13.3. The Balaban J connectivity index is 1.63. The molecule has 0 spiro atoms. The van der Waals surface area contributed by atoms with Crippen LogP contribution in [0.15, 0.2) is 60.7 Å². The first kappa shape index (κ1) is 17.9. The van der Waals surface area contributed by atoms with Gasteiger partial charge in [-0.15, -0.1) is 11.3 Å². The van der Waals surface area contributed by atoms with Crippen LogP contribution >= 0.6 is 11.3 Å². The number of amides is 1. The van der Waals surface area contributed by atoms with Crippen LogP contribution in [0.25, 0.3) is 21.8 Å². The number of aromatic nitrogens is 1. The maximum atomic E-state index is 12.9. The van der Waals surface area contributed by atoms with E-state index in [-0.39, 0.29) is 18.4 Å². The lowest BCUT2D eigenvalue weighted by Crippen LogP contribution is -2.31. The molecule has 138 valence electrons. The predicted octanol–water partition coefficient (Wildman–Crippen LogP) is 4.23. The van der Waals surface area contributed by atoms with Crippen LogP contribution in [0.4, 0.5) is 0 Å². The zero-order valence-corrected chi connectivity index (χ0v) is 15.8. The molecule has 1 saturated carbocycles. The van der Waals surface area contributed by atoms with Gasteiger partial charge in [-0.1, -0.05) is 60.7 Å². The van der Waals surface area contributed by atoms with Gasteiger partial charge in [-0.25, -0.2) is 4.98 Å². The summed E-state index contributed by atoms with van der Waals surface area (Å²) in [5.41, 5.74) is 2.65. The third kappa shape index (κ3) is 4.10. The van der Waals surface area contributed by atoms with Gasteiger partial charge in [0.15, 0.2) is 0 Å². The van der Waals surface area contributed by atoms with Gasteiger partial charge in [-0.3, -0.25) is 4.79 Å². The molecule has 3 aromatic rings. The summed E-state index contributed by atoms with van der Waals surface area (Å²) < 4.78 is 0. The molecule has 4 nitrogen and oxygen atoms in total. The molecule has 1 unspecified atom stereocenters. The van der Waals surface area contributed by atoms with Crippen molar-refractivity contribution in [3.63, 3.8) is 0 Å². The molecule has 27 heavy (non-hydrogen) atoms. The fraction of sp³-hybridized carbons (Fsp3) is 0.273. The van der Waals surface area contributed by atoms with Crippen molar-refractivity contribution in [1.82, 2.24) is 10.3 Å². The highest BCUT2D eigenvalue weighted by atomic mass is 32.1. The van der Waals surface area contributed by atoms with Crippen LogP contribution in [-0.2, 0) is 0 Å². The Bertz CT molecular complexity index is 905. The molecule has 1 aromatic heterocycles. The van der Waals surface area contributed by atoms with Gasteiger partial charge in [0.1, 0.15) is 9.88 Å². The zero-order valence-electron chi connectivity index (χ0n) is 15.0. The average Bonchev–Trinajstić information content (AvgIpc) is 3.46. The van der Waals surface area contributed by atoms with Gasteiger partial charge in [0.05, 0.1) is 5.69 Å². The Labute approximate surface area is 162 Å². The van der Waals surface area contributed by atoms with Gasteiger partial charge in [0.2, 0.25) is 0 Å². The molecule has 0 radical (unpaired) electrons. The topological polar surface area (TPSA) is 62.2 Å². The quantitative estimate of drug-likeness (QED) is 0.647. The zero-order chi connectivity index (χ0) is 18.6. The van der Waals surface area contributed by atoms with Gasteiger partial charge in [0.25, 0.3) is 5.91 Å². The van der Waals surface area contributed by atoms with Crippen LogP contribution in [0.2, 0.25) is 0 Å². The van der Waals surface area contributed by atoms with Gasteiger partial charge in [-0.05, 0) is 18.8 Å². The maximum Gasteiger partial charge on any atom is 0.263 e. The third-order valence-electron chi connectivity index (χ3n) is 4.95. The number of carbonyl (C=O) groups is 1. The van der Waals surface area contributed by atoms with E-state index in [1.54, 1.807) is 0 Å². The smallest absolute Gasteiger partial charge is 0.263 e. The number of hydrogen-bond donors (Lipinski definition) is 2. The number of nitrogens with zero attached hydrogens (tertiary/aromatic N) is 1. The Morgan fingerprint density at radius 3 is 2.30 bits per heavy atom. The first-order valence-electron chi connectivity index (χ1n) is 9.27. The normalized spacial score (nSPS) is 14.7. The minimum atomic E-state index is -0.118. The monoisotopic (exact) mass is 378 g/mol. The Morgan fingerprint density at radius 2 is 1.70 bits per heavy atom. The van der Waals surface area contributed by atoms with Crippen LogP contribution < -0.4 is 5.32 Å². The van der Waals surface area contributed by atoms with E-state index in [2.05, 4.69) is 5.32 Å². The van der Waals surface area contributed by atoms with Crippen molar-refractivity contribution in [3.05, 3.63) is 65.5 Å². The molecule has 1 amide bonds. The van der Waals surface area contributed by atoms with Crippen LogP contribution in [0, 0.1) is 11.8 Å². The van der Waals surface area contributed by atoms with Crippen LogP contribution in [0.1, 0.15) is 22.5 Å². The van der Waals surface area contributed by atoms with E-state index < -0.39 is 0 Å². The minimum Gasteiger partial charge on any atom is -0.396 e. The number of thiazole rings is 1. The Kier molecular flexibility index (Phi) is 5.32. The second-order valence-electron chi connectivity index (χ2n) is 6.92. The molecule has 1 heterocycles. The molecular formula is C22H22N2O2S. The summed E-state index contributed by atoms with van der Waals surface area (Å²) in [5, 5.41) is 13.4. The fourth-order valence-corrected chi connectivity index (χ4v) is 4.23. The molecule has 1 aliphatic carbocycles. The minimum absolute atomic E-state index is 0.118. The van der Waals surface area contributed by atoms with E-state index >= 15 is 0 Å². The second-order valence-corrected chi connectivity index (χ2v) is 7.92. The van der Waals surface area contributed by atoms with E-state index in [1.165, 1.54) is 11.3 Å². The van der Waals surface area contributed by atoms with Gasteiger partial charge in [0, 0.05) is 30.2 Å². The van der Waals surface area contributed by atoms with Crippen LogP contribution in [-0.4, -0.2) is 29.1 Å². The molecular weight excluding hydrogens is 356 g/mol. The Morgan fingerprint density at radius 1 is 1.07 bits per heavy atom. The van der Waals surface area contributed by atoms with E-state index in [4.69, 9.17) is 4.98 Å². The molecule has 5 heteroatoms. The maximum absolute atomic E-state index is 12.9. The summed E-state index contributed by atoms with van der Waals surface area (Å²) in [4.78, 5) is 18.3. The van der Waals surface area contributed by atoms with Crippen molar-refractivity contribution in [2.45, 2.75) is 12.8 Å². The van der Waals surface area contributed by atoms with Gasteiger partial charge >= 0.3 is 0 Å². The van der Waals surface area contributed by atoms with Crippen molar-refractivity contribution in [3.8, 4) is 21.8 Å². The summed E-state index contributed by atoms with van der Waals surface area (Å²) in [5.74, 6) is 0.577. The van der Waals surface area contributed by atoms with Crippen molar-refractivity contribution >= 4 is 17.2 Å². The van der Waals surface area contributed by atoms with Gasteiger partial charge < -0.3 is 10.4 Å². The molecule has 0 saturated heterocycles. The third-order valence-corrected chi connectivity index (χ3v) is 6.05. The van der Waals surface area contributed by atoms with Gasteiger partial charge in [-0.2, -0.15) is 0 Å². The van der Waals surface area contributed by atoms with E-state index in [0.29, 0.717) is 23.0 Å². The van der Waals surface area contributed by atoms with Crippen molar-refractivity contribution < 1.29 is 9.90 Å². The fourth-order valence-electron chi connectivity index (χ4n) is 3.22. The second kappa shape index (κ2) is 8.03. The summed E-state index contributed by atoms with van der Waals surface area (Å²) in [6.45, 7) is 0.626. The summed E-state index contributed by atoms with van der Waals surface area (Å²) >= 11 is 1.41. The highest BCUT2D eigenvalue weighted by Crippen LogP contribution is 2.37. The molecule has 1 aliphatic rings. The molecule has 1 fully saturated rings. The standard InChI is InChI=1S/C22H22N2O2S/c25-14-18(15-11-12-15)13-23-21(26)20-19(16-7-3-1-4-8-16)24-22(27-20)17-9-5-2-6-10-17/h1-10,15,18,25H,11-14H2,(H,23,26). The van der Waals surface area contributed by atoms with Crippen LogP contribution in [0.5, 0.6) is 0 Å². The predicted molar refractivity (Wildman–Crippen MR) is 109 cm³/mol. The SMILES string of the molecule is O=C(NCC(CO)C1CC1)c1sc(-c2ccccc2)nc1-c1ccccc1. The highest BCUT2D eigenvalue weighted by Gasteiger charge is 2.31. The number of aliphatic hydroxyl groups is 1. The summed E-state index contributed by atoms with van der Waals surface area (Å²) in [7, 11) is 0. The largest absolute Gasteiger partial charge is 0.396 e. The molecule has 2 aromatic carbocycles. The number of rotatable bonds is 7. The number of aliphatic hydroxyl groups excluding tert-OH is 1. The molecule has 0 aliphatic heterocycles. The number of hydrogen-bond acceptors (Lipinski definition) is 4. The lowest BCUT2D eigenvalue weighted by atomic mass is 10.1.